The molecule has 9 nitrogen and oxygen atoms in total. The van der Waals surface area contributed by atoms with Crippen LogP contribution in [0.5, 0.6) is 0 Å². The lowest BCUT2D eigenvalue weighted by molar-refractivity contribution is 0.0949. The minimum Gasteiger partial charge on any atom is -0.345 e. The number of thiophene rings is 1. The number of hydrogen-bond donors (Lipinski definition) is 1. The topological polar surface area (TPSA) is 112 Å². The van der Waals surface area contributed by atoms with E-state index in [0.717, 1.165) is 10.4 Å². The second kappa shape index (κ2) is 7.23. The fourth-order valence-electron chi connectivity index (χ4n) is 2.29. The predicted octanol–water partition coefficient (Wildman–Crippen LogP) is 1.76. The molecule has 0 atom stereocenters. The van der Waals surface area contributed by atoms with E-state index < -0.39 is 0 Å². The number of tetrazole rings is 1. The standard InChI is InChI=1S/C16H13N7O2S/c24-15(12-5-3-11(4-6-12)9-23-10-18-21-22-23)17-8-14-19-16(25-20-14)13-2-1-7-26-13/h1-7,10H,8-9H2,(H,17,24). The normalized spacial score (nSPS) is 10.8. The number of nitrogens with zero attached hydrogens (tertiary/aromatic N) is 6. The Morgan fingerprint density at radius 2 is 2.12 bits per heavy atom. The number of carbonyl (C=O) groups is 1. The Morgan fingerprint density at radius 1 is 1.23 bits per heavy atom. The van der Waals surface area contributed by atoms with Gasteiger partial charge in [-0.1, -0.05) is 23.4 Å². The van der Waals surface area contributed by atoms with Crippen LogP contribution in [0.3, 0.4) is 0 Å². The van der Waals surface area contributed by atoms with Crippen LogP contribution in [0.1, 0.15) is 21.7 Å². The zero-order valence-electron chi connectivity index (χ0n) is 13.4. The Bertz CT molecular complexity index is 978. The molecule has 0 saturated heterocycles. The molecule has 0 aliphatic carbocycles. The lowest BCUT2D eigenvalue weighted by Gasteiger charge is -2.04. The maximum absolute atomic E-state index is 12.2. The number of rotatable bonds is 6. The highest BCUT2D eigenvalue weighted by Crippen LogP contribution is 2.22. The number of nitrogens with one attached hydrogen (secondary N) is 1. The lowest BCUT2D eigenvalue weighted by atomic mass is 10.1. The molecule has 4 aromatic rings. The van der Waals surface area contributed by atoms with E-state index in [4.69, 9.17) is 4.52 Å². The van der Waals surface area contributed by atoms with Gasteiger partial charge in [-0.25, -0.2) is 4.68 Å². The van der Waals surface area contributed by atoms with Gasteiger partial charge in [0, 0.05) is 5.56 Å². The van der Waals surface area contributed by atoms with E-state index in [2.05, 4.69) is 31.0 Å². The fourth-order valence-corrected chi connectivity index (χ4v) is 2.93. The maximum atomic E-state index is 12.2. The molecule has 1 aromatic carbocycles. The molecule has 0 radical (unpaired) electrons. The van der Waals surface area contributed by atoms with Gasteiger partial charge in [0.2, 0.25) is 0 Å². The van der Waals surface area contributed by atoms with Crippen LogP contribution in [0.2, 0.25) is 0 Å². The zero-order chi connectivity index (χ0) is 17.8. The second-order valence-electron chi connectivity index (χ2n) is 5.38. The summed E-state index contributed by atoms with van der Waals surface area (Å²) >= 11 is 1.52. The van der Waals surface area contributed by atoms with Crippen molar-refractivity contribution >= 4 is 17.2 Å². The lowest BCUT2D eigenvalue weighted by Crippen LogP contribution is -2.23. The highest BCUT2D eigenvalue weighted by molar-refractivity contribution is 7.13. The third kappa shape index (κ3) is 3.64. The van der Waals surface area contributed by atoms with Gasteiger partial charge in [-0.2, -0.15) is 4.98 Å². The van der Waals surface area contributed by atoms with Crippen LogP contribution in [-0.4, -0.2) is 36.3 Å². The monoisotopic (exact) mass is 367 g/mol. The number of amides is 1. The molecule has 0 fully saturated rings. The number of aromatic nitrogens is 6. The molecule has 3 heterocycles. The molecule has 1 N–H and O–H groups in total. The Hall–Kier alpha value is -3.40. The van der Waals surface area contributed by atoms with Crippen LogP contribution in [0, 0.1) is 0 Å². The molecule has 0 aliphatic rings. The van der Waals surface area contributed by atoms with E-state index >= 15 is 0 Å². The molecular formula is C16H13N7O2S. The van der Waals surface area contributed by atoms with Crippen molar-refractivity contribution in [3.05, 3.63) is 65.1 Å². The summed E-state index contributed by atoms with van der Waals surface area (Å²) in [4.78, 5) is 17.4. The SMILES string of the molecule is O=C(NCc1noc(-c2cccs2)n1)c1ccc(Cn2cnnn2)cc1. The quantitative estimate of drug-likeness (QED) is 0.552. The van der Waals surface area contributed by atoms with Crippen molar-refractivity contribution < 1.29 is 9.32 Å². The van der Waals surface area contributed by atoms with Gasteiger partial charge in [-0.05, 0) is 39.6 Å². The molecule has 0 spiro atoms. The van der Waals surface area contributed by atoms with Crippen molar-refractivity contribution in [3.8, 4) is 10.8 Å². The van der Waals surface area contributed by atoms with Crippen LogP contribution in [0.4, 0.5) is 0 Å². The molecule has 0 saturated carbocycles. The first-order valence-corrected chi connectivity index (χ1v) is 8.60. The average Bonchev–Trinajstić information content (AvgIpc) is 3.41. The molecule has 1 amide bonds. The minimum absolute atomic E-state index is 0.195. The summed E-state index contributed by atoms with van der Waals surface area (Å²) in [5, 5.41) is 19.6. The van der Waals surface area contributed by atoms with E-state index in [1.165, 1.54) is 17.7 Å². The molecule has 4 rings (SSSR count). The first kappa shape index (κ1) is 16.1. The minimum atomic E-state index is -0.207. The Labute approximate surface area is 151 Å². The van der Waals surface area contributed by atoms with Crippen LogP contribution in [-0.2, 0) is 13.1 Å². The molecule has 130 valence electrons. The van der Waals surface area contributed by atoms with Gasteiger partial charge >= 0.3 is 0 Å². The van der Waals surface area contributed by atoms with Crippen LogP contribution < -0.4 is 5.32 Å². The van der Waals surface area contributed by atoms with Gasteiger partial charge in [-0.3, -0.25) is 4.79 Å². The van der Waals surface area contributed by atoms with Gasteiger partial charge in [0.1, 0.15) is 6.33 Å². The van der Waals surface area contributed by atoms with Gasteiger partial charge < -0.3 is 9.84 Å². The fraction of sp³-hybridized carbons (Fsp3) is 0.125. The van der Waals surface area contributed by atoms with Gasteiger partial charge in [0.25, 0.3) is 11.8 Å². The van der Waals surface area contributed by atoms with Gasteiger partial charge in [0.15, 0.2) is 5.82 Å². The van der Waals surface area contributed by atoms with Crippen LogP contribution in [0.25, 0.3) is 10.8 Å². The molecule has 0 unspecified atom stereocenters. The average molecular weight is 367 g/mol. The first-order valence-electron chi connectivity index (χ1n) is 7.72. The molecular weight excluding hydrogens is 354 g/mol. The number of benzene rings is 1. The summed E-state index contributed by atoms with van der Waals surface area (Å²) in [5.74, 6) is 0.676. The van der Waals surface area contributed by atoms with Crippen LogP contribution in [0.15, 0.2) is 52.6 Å². The third-order valence-corrected chi connectivity index (χ3v) is 4.42. The summed E-state index contributed by atoms with van der Waals surface area (Å²) in [6, 6.07) is 11.0. The van der Waals surface area contributed by atoms with Crippen molar-refractivity contribution in [1.82, 2.24) is 35.7 Å². The summed E-state index contributed by atoms with van der Waals surface area (Å²) < 4.78 is 6.80. The van der Waals surface area contributed by atoms with E-state index in [0.29, 0.717) is 23.8 Å². The Morgan fingerprint density at radius 3 is 2.85 bits per heavy atom. The van der Waals surface area contributed by atoms with Crippen molar-refractivity contribution in [3.63, 3.8) is 0 Å². The Balaban J connectivity index is 1.34. The second-order valence-corrected chi connectivity index (χ2v) is 6.33. The van der Waals surface area contributed by atoms with Gasteiger partial charge in [-0.15, -0.1) is 16.4 Å². The van der Waals surface area contributed by atoms with Crippen molar-refractivity contribution in [2.45, 2.75) is 13.1 Å². The largest absolute Gasteiger partial charge is 0.345 e. The first-order chi connectivity index (χ1) is 12.8. The predicted molar refractivity (Wildman–Crippen MR) is 92.1 cm³/mol. The summed E-state index contributed by atoms with van der Waals surface area (Å²) in [7, 11) is 0. The van der Waals surface area contributed by atoms with E-state index in [1.54, 1.807) is 16.8 Å². The van der Waals surface area contributed by atoms with E-state index in [9.17, 15) is 4.79 Å². The molecule has 0 aliphatic heterocycles. The summed E-state index contributed by atoms with van der Waals surface area (Å²) in [6.07, 6.45) is 1.54. The third-order valence-electron chi connectivity index (χ3n) is 3.56. The van der Waals surface area contributed by atoms with Crippen LogP contribution >= 0.6 is 11.3 Å². The van der Waals surface area contributed by atoms with Crippen molar-refractivity contribution in [2.24, 2.45) is 0 Å². The highest BCUT2D eigenvalue weighted by Gasteiger charge is 2.11. The van der Waals surface area contributed by atoms with E-state index in [1.807, 2.05) is 29.6 Å². The van der Waals surface area contributed by atoms with Gasteiger partial charge in [0.05, 0.1) is 18.0 Å². The maximum Gasteiger partial charge on any atom is 0.268 e. The number of hydrogen-bond acceptors (Lipinski definition) is 8. The molecule has 0 bridgehead atoms. The highest BCUT2D eigenvalue weighted by atomic mass is 32.1. The van der Waals surface area contributed by atoms with Crippen molar-refractivity contribution in [2.75, 3.05) is 0 Å². The summed E-state index contributed by atoms with van der Waals surface area (Å²) in [6.45, 7) is 0.739. The summed E-state index contributed by atoms with van der Waals surface area (Å²) in [5.41, 5.74) is 1.54. The smallest absolute Gasteiger partial charge is 0.268 e. The van der Waals surface area contributed by atoms with E-state index in [-0.39, 0.29) is 12.5 Å². The Kier molecular flexibility index (Phi) is 4.48. The van der Waals surface area contributed by atoms with Crippen molar-refractivity contribution in [1.29, 1.82) is 0 Å². The zero-order valence-corrected chi connectivity index (χ0v) is 14.3. The number of carbonyl (C=O) groups excluding carboxylic acids is 1. The molecule has 10 heteroatoms. The molecule has 3 aromatic heterocycles. The molecule has 26 heavy (non-hydrogen) atoms.